The summed E-state index contributed by atoms with van der Waals surface area (Å²) in [5, 5.41) is 20.2. The summed E-state index contributed by atoms with van der Waals surface area (Å²) in [6.45, 7) is 3.63. The number of hydrogen-bond donors (Lipinski definition) is 1. The lowest BCUT2D eigenvalue weighted by molar-refractivity contribution is 0.253. The molecular weight excluding hydrogens is 238 g/mol. The summed E-state index contributed by atoms with van der Waals surface area (Å²) in [5.74, 6) is 0.873. The van der Waals surface area contributed by atoms with Crippen molar-refractivity contribution in [1.29, 1.82) is 0 Å². The number of thiocarbonyl (C=S) groups is 1. The van der Waals surface area contributed by atoms with Crippen molar-refractivity contribution in [2.24, 2.45) is 7.05 Å². The average molecular weight is 257 g/mol. The number of aromatic nitrogens is 4. The Bertz CT molecular complexity index is 354. The van der Waals surface area contributed by atoms with Crippen molar-refractivity contribution in [2.75, 3.05) is 19.7 Å². The molecule has 7 heteroatoms. The van der Waals surface area contributed by atoms with Crippen molar-refractivity contribution < 1.29 is 5.11 Å². The second-order valence-electron chi connectivity index (χ2n) is 3.77. The largest absolute Gasteiger partial charge is 0.395 e. The lowest BCUT2D eigenvalue weighted by Crippen LogP contribution is -2.31. The van der Waals surface area contributed by atoms with Crippen LogP contribution in [0.5, 0.6) is 0 Å². The molecule has 1 aromatic heterocycles. The molecule has 0 aliphatic heterocycles. The van der Waals surface area contributed by atoms with Crippen LogP contribution in [-0.4, -0.2) is 54.9 Å². The third-order valence-electron chi connectivity index (χ3n) is 2.60. The van der Waals surface area contributed by atoms with Gasteiger partial charge in [0, 0.05) is 26.6 Å². The van der Waals surface area contributed by atoms with E-state index in [9.17, 15) is 0 Å². The molecule has 0 bridgehead atoms. The van der Waals surface area contributed by atoms with E-state index in [-0.39, 0.29) is 6.61 Å². The molecule has 0 fully saturated rings. The van der Waals surface area contributed by atoms with Gasteiger partial charge in [0.05, 0.1) is 11.6 Å². The van der Waals surface area contributed by atoms with Crippen LogP contribution in [0.4, 0.5) is 0 Å². The number of tetrazole rings is 1. The molecule has 0 atom stereocenters. The van der Waals surface area contributed by atoms with E-state index >= 15 is 0 Å². The molecular formula is C10H19N5OS. The van der Waals surface area contributed by atoms with Crippen molar-refractivity contribution >= 4 is 17.2 Å². The number of aryl methyl sites for hydroxylation is 2. The lowest BCUT2D eigenvalue weighted by Gasteiger charge is -2.22. The summed E-state index contributed by atoms with van der Waals surface area (Å²) in [6, 6.07) is 0. The zero-order valence-electron chi connectivity index (χ0n) is 10.3. The Balaban J connectivity index is 2.30. The second-order valence-corrected chi connectivity index (χ2v) is 4.24. The van der Waals surface area contributed by atoms with Gasteiger partial charge in [-0.25, -0.2) is 4.68 Å². The van der Waals surface area contributed by atoms with Crippen LogP contribution in [0.25, 0.3) is 0 Å². The maximum atomic E-state index is 8.90. The number of aliphatic hydroxyl groups is 1. The average Bonchev–Trinajstić information content (AvgIpc) is 2.72. The predicted octanol–water partition coefficient (Wildman–Crippen LogP) is 0.174. The Hall–Kier alpha value is -1.08. The fourth-order valence-electron chi connectivity index (χ4n) is 1.60. The number of aliphatic hydroxyl groups excluding tert-OH is 1. The minimum atomic E-state index is 0.140. The molecule has 0 aliphatic carbocycles. The van der Waals surface area contributed by atoms with Gasteiger partial charge in [-0.2, -0.15) is 0 Å². The predicted molar refractivity (Wildman–Crippen MR) is 68.7 cm³/mol. The second kappa shape index (κ2) is 7.29. The minimum Gasteiger partial charge on any atom is -0.395 e. The third-order valence-corrected chi connectivity index (χ3v) is 3.07. The van der Waals surface area contributed by atoms with Gasteiger partial charge in [0.2, 0.25) is 0 Å². The van der Waals surface area contributed by atoms with Gasteiger partial charge in [-0.05, 0) is 30.2 Å². The fraction of sp³-hybridized carbons (Fsp3) is 0.800. The summed E-state index contributed by atoms with van der Waals surface area (Å²) in [6.07, 6.45) is 2.57. The van der Waals surface area contributed by atoms with Gasteiger partial charge in [0.15, 0.2) is 5.82 Å². The van der Waals surface area contributed by atoms with Gasteiger partial charge in [-0.3, -0.25) is 0 Å². The number of rotatable bonds is 7. The quantitative estimate of drug-likeness (QED) is 0.703. The molecule has 1 N–H and O–H groups in total. The van der Waals surface area contributed by atoms with Crippen LogP contribution >= 0.6 is 12.2 Å². The smallest absolute Gasteiger partial charge is 0.150 e. The Labute approximate surface area is 107 Å². The lowest BCUT2D eigenvalue weighted by atomic mass is 10.2. The van der Waals surface area contributed by atoms with Crippen molar-refractivity contribution in [3.63, 3.8) is 0 Å². The van der Waals surface area contributed by atoms with Crippen molar-refractivity contribution in [3.8, 4) is 0 Å². The molecule has 1 rings (SSSR count). The van der Waals surface area contributed by atoms with Gasteiger partial charge in [0.25, 0.3) is 0 Å². The Morgan fingerprint density at radius 3 is 2.82 bits per heavy atom. The van der Waals surface area contributed by atoms with Crippen molar-refractivity contribution in [3.05, 3.63) is 5.82 Å². The summed E-state index contributed by atoms with van der Waals surface area (Å²) >= 11 is 5.32. The highest BCUT2D eigenvalue weighted by atomic mass is 32.1. The number of likely N-dealkylation sites (N-methyl/N-ethyl adjacent to an activating group) is 1. The van der Waals surface area contributed by atoms with Gasteiger partial charge >= 0.3 is 0 Å². The van der Waals surface area contributed by atoms with Crippen molar-refractivity contribution in [1.82, 2.24) is 25.1 Å². The van der Waals surface area contributed by atoms with E-state index in [1.54, 1.807) is 4.68 Å². The molecule has 0 aliphatic rings. The zero-order chi connectivity index (χ0) is 12.7. The molecule has 96 valence electrons. The first-order valence-corrected chi connectivity index (χ1v) is 6.19. The topological polar surface area (TPSA) is 67.1 Å². The first kappa shape index (κ1) is 14.0. The first-order chi connectivity index (χ1) is 8.19. The molecule has 0 aromatic carbocycles. The van der Waals surface area contributed by atoms with Crippen LogP contribution in [0.15, 0.2) is 0 Å². The standard InChI is InChI=1S/C10H19N5OS/c1-3-15(7-8-16)10(17)6-4-5-9-11-12-13-14(9)2/h16H,3-8H2,1-2H3. The van der Waals surface area contributed by atoms with E-state index in [4.69, 9.17) is 17.3 Å². The Morgan fingerprint density at radius 2 is 2.29 bits per heavy atom. The molecule has 0 saturated heterocycles. The van der Waals surface area contributed by atoms with Crippen molar-refractivity contribution in [2.45, 2.75) is 26.2 Å². The van der Waals surface area contributed by atoms with Gasteiger partial charge < -0.3 is 10.0 Å². The Kier molecular flexibility index (Phi) is 5.99. The molecule has 0 radical (unpaired) electrons. The molecule has 0 unspecified atom stereocenters. The van der Waals surface area contributed by atoms with Gasteiger partial charge in [0.1, 0.15) is 0 Å². The minimum absolute atomic E-state index is 0.140. The Morgan fingerprint density at radius 1 is 1.53 bits per heavy atom. The first-order valence-electron chi connectivity index (χ1n) is 5.79. The highest BCUT2D eigenvalue weighted by Crippen LogP contribution is 2.04. The van der Waals surface area contributed by atoms with E-state index < -0.39 is 0 Å². The molecule has 0 saturated carbocycles. The molecule has 1 heterocycles. The van der Waals surface area contributed by atoms with E-state index in [1.807, 2.05) is 18.9 Å². The monoisotopic (exact) mass is 257 g/mol. The van der Waals surface area contributed by atoms with Crippen LogP contribution < -0.4 is 0 Å². The zero-order valence-corrected chi connectivity index (χ0v) is 11.2. The van der Waals surface area contributed by atoms with E-state index in [2.05, 4.69) is 15.5 Å². The van der Waals surface area contributed by atoms with E-state index in [1.165, 1.54) is 0 Å². The maximum Gasteiger partial charge on any atom is 0.150 e. The molecule has 6 nitrogen and oxygen atoms in total. The highest BCUT2D eigenvalue weighted by Gasteiger charge is 2.08. The van der Waals surface area contributed by atoms with Crippen LogP contribution in [-0.2, 0) is 13.5 Å². The van der Waals surface area contributed by atoms with Crippen LogP contribution in [0.3, 0.4) is 0 Å². The molecule has 0 amide bonds. The molecule has 17 heavy (non-hydrogen) atoms. The molecule has 0 spiro atoms. The normalized spacial score (nSPS) is 10.5. The number of nitrogens with zero attached hydrogens (tertiary/aromatic N) is 5. The summed E-state index contributed by atoms with van der Waals surface area (Å²) in [5.41, 5.74) is 0. The molecule has 1 aromatic rings. The SMILES string of the molecule is CCN(CCO)C(=S)CCCc1nnnn1C. The fourth-order valence-corrected chi connectivity index (χ4v) is 1.96. The summed E-state index contributed by atoms with van der Waals surface area (Å²) < 4.78 is 1.67. The summed E-state index contributed by atoms with van der Waals surface area (Å²) in [4.78, 5) is 2.92. The van der Waals surface area contributed by atoms with E-state index in [0.717, 1.165) is 36.6 Å². The maximum absolute atomic E-state index is 8.90. The van der Waals surface area contributed by atoms with Gasteiger partial charge in [-0.15, -0.1) is 5.10 Å². The summed E-state index contributed by atoms with van der Waals surface area (Å²) in [7, 11) is 1.83. The van der Waals surface area contributed by atoms with Gasteiger partial charge in [-0.1, -0.05) is 12.2 Å². The number of hydrogen-bond acceptors (Lipinski definition) is 5. The van der Waals surface area contributed by atoms with Crippen LogP contribution in [0.2, 0.25) is 0 Å². The third kappa shape index (κ3) is 4.35. The highest BCUT2D eigenvalue weighted by molar-refractivity contribution is 7.80. The van der Waals surface area contributed by atoms with E-state index in [0.29, 0.717) is 6.54 Å². The van der Waals surface area contributed by atoms with Crippen LogP contribution in [0.1, 0.15) is 25.6 Å². The van der Waals surface area contributed by atoms with Crippen LogP contribution in [0, 0.1) is 0 Å².